The fourth-order valence-corrected chi connectivity index (χ4v) is 0. The molecule has 0 saturated heterocycles. The average Bonchev–Trinajstić information content (AvgIpc) is 1.89. The molecule has 0 aliphatic carbocycles. The van der Waals surface area contributed by atoms with Crippen molar-refractivity contribution in [2.75, 3.05) is 0 Å². The van der Waals surface area contributed by atoms with Gasteiger partial charge in [-0.15, -0.1) is 0 Å². The van der Waals surface area contributed by atoms with Gasteiger partial charge in [-0.1, -0.05) is 13.8 Å². The largest absolute Gasteiger partial charge is 0.481 e. The molecule has 0 aromatic carbocycles. The van der Waals surface area contributed by atoms with Gasteiger partial charge in [-0.2, -0.15) is 0 Å². The Kier molecular flexibility index (Phi) is 32.4. The molecule has 2 radical (unpaired) electrons. The second kappa shape index (κ2) is 17.2. The molecule has 0 fully saturated rings. The normalized spacial score (nSPS) is 6.17. The van der Waals surface area contributed by atoms with Gasteiger partial charge >= 0.3 is 11.9 Å². The van der Waals surface area contributed by atoms with Crippen molar-refractivity contribution in [1.29, 1.82) is 0 Å². The van der Waals surface area contributed by atoms with Gasteiger partial charge in [0.05, 0.1) is 0 Å². The van der Waals surface area contributed by atoms with Gasteiger partial charge in [0.2, 0.25) is 0 Å². The number of carbonyl (C=O) groups is 2. The van der Waals surface area contributed by atoms with E-state index in [0.29, 0.717) is 0 Å². The van der Waals surface area contributed by atoms with Gasteiger partial charge in [0.15, 0.2) is 0 Å². The van der Waals surface area contributed by atoms with Crippen LogP contribution in [-0.4, -0.2) is 22.2 Å². The van der Waals surface area contributed by atoms with Crippen molar-refractivity contribution in [3.63, 3.8) is 0 Å². The summed E-state index contributed by atoms with van der Waals surface area (Å²) in [5.74, 6) is -1.49. The number of aliphatic carboxylic acids is 2. The van der Waals surface area contributed by atoms with E-state index in [1.807, 2.05) is 0 Å². The summed E-state index contributed by atoms with van der Waals surface area (Å²) in [6, 6.07) is 0. The number of rotatable bonds is 2. The summed E-state index contributed by atoms with van der Waals surface area (Å²) >= 11 is 0. The van der Waals surface area contributed by atoms with E-state index >= 15 is 0 Å². The van der Waals surface area contributed by atoms with Crippen molar-refractivity contribution in [3.8, 4) is 0 Å². The first-order valence-electron chi connectivity index (χ1n) is 2.98. The second-order valence-electron chi connectivity index (χ2n) is 1.49. The van der Waals surface area contributed by atoms with Crippen molar-refractivity contribution >= 4 is 11.9 Å². The molecule has 78 valence electrons. The number of hydrogen-bond donors (Lipinski definition) is 2. The summed E-state index contributed by atoms with van der Waals surface area (Å²) < 4.78 is 0. The third kappa shape index (κ3) is 51.1. The molecule has 0 aliphatic heterocycles. The van der Waals surface area contributed by atoms with Crippen molar-refractivity contribution in [3.05, 3.63) is 0 Å². The Morgan fingerprint density at radius 2 is 1.00 bits per heavy atom. The Bertz CT molecular complexity index is 102. The van der Waals surface area contributed by atoms with E-state index in [9.17, 15) is 9.59 Å². The zero-order chi connectivity index (χ0) is 8.57. The Morgan fingerprint density at radius 3 is 1.00 bits per heavy atom. The van der Waals surface area contributed by atoms with Crippen LogP contribution in [0.4, 0.5) is 0 Å². The first-order valence-corrected chi connectivity index (χ1v) is 2.98. The fraction of sp³-hybridized carbons (Fsp3) is 0.667. The van der Waals surface area contributed by atoms with E-state index in [-0.39, 0.29) is 46.4 Å². The van der Waals surface area contributed by atoms with Crippen molar-refractivity contribution < 1.29 is 53.4 Å². The quantitative estimate of drug-likeness (QED) is 0.780. The summed E-state index contributed by atoms with van der Waals surface area (Å²) in [4.78, 5) is 18.7. The first kappa shape index (κ1) is 22.7. The molecule has 0 aliphatic rings. The van der Waals surface area contributed by atoms with Gasteiger partial charge in [-0.25, -0.2) is 0 Å². The molecule has 0 heterocycles. The molecule has 12 heavy (non-hydrogen) atoms. The van der Waals surface area contributed by atoms with Crippen LogP contribution in [-0.2, 0) is 43.1 Å². The van der Waals surface area contributed by atoms with Crippen LogP contribution in [0.25, 0.3) is 0 Å². The maximum atomic E-state index is 9.37. The van der Waals surface area contributed by atoms with Crippen LogP contribution in [0, 0.1) is 0 Å². The van der Waals surface area contributed by atoms with Crippen LogP contribution in [0.2, 0.25) is 0 Å². The van der Waals surface area contributed by atoms with Crippen LogP contribution in [0.1, 0.15) is 26.7 Å². The van der Waals surface area contributed by atoms with Crippen molar-refractivity contribution in [2.45, 2.75) is 26.7 Å². The standard InChI is InChI=1S/2C3H6O2.2Co/c2*1-2-3(4)5;;/h2*2H2,1H3,(H,4,5);;. The molecule has 0 aromatic heterocycles. The van der Waals surface area contributed by atoms with Crippen LogP contribution in [0.5, 0.6) is 0 Å². The maximum Gasteiger partial charge on any atom is 0.303 e. The molecule has 6 heteroatoms. The van der Waals surface area contributed by atoms with Crippen molar-refractivity contribution in [1.82, 2.24) is 0 Å². The van der Waals surface area contributed by atoms with E-state index < -0.39 is 11.9 Å². The van der Waals surface area contributed by atoms with Crippen LogP contribution in [0.3, 0.4) is 0 Å². The van der Waals surface area contributed by atoms with Crippen LogP contribution in [0.15, 0.2) is 0 Å². The molecule has 0 unspecified atom stereocenters. The van der Waals surface area contributed by atoms with Crippen LogP contribution < -0.4 is 0 Å². The molecule has 0 amide bonds. The van der Waals surface area contributed by atoms with E-state index in [1.54, 1.807) is 13.8 Å². The topological polar surface area (TPSA) is 74.6 Å². The molecule has 0 atom stereocenters. The molecule has 4 nitrogen and oxygen atoms in total. The average molecular weight is 266 g/mol. The summed E-state index contributed by atoms with van der Waals surface area (Å²) in [5, 5.41) is 15.4. The minimum absolute atomic E-state index is 0. The molecule has 0 rings (SSSR count). The summed E-state index contributed by atoms with van der Waals surface area (Å²) in [6.45, 7) is 3.20. The predicted molar refractivity (Wildman–Crippen MR) is 35.9 cm³/mol. The summed E-state index contributed by atoms with van der Waals surface area (Å²) in [5.41, 5.74) is 0. The Morgan fingerprint density at radius 1 is 0.917 bits per heavy atom. The molecule has 2 N–H and O–H groups in total. The third-order valence-electron chi connectivity index (χ3n) is 0.605. The minimum atomic E-state index is -0.745. The Balaban J connectivity index is -0.0000000457. The number of hydrogen-bond acceptors (Lipinski definition) is 2. The van der Waals surface area contributed by atoms with Gasteiger partial charge in [0, 0.05) is 46.4 Å². The zero-order valence-electron chi connectivity index (χ0n) is 6.79. The SMILES string of the molecule is CCC(=O)O.CCC(=O)O.[Co].[Co]. The zero-order valence-corrected chi connectivity index (χ0v) is 8.87. The maximum absolute atomic E-state index is 9.37. The van der Waals surface area contributed by atoms with E-state index in [1.165, 1.54) is 0 Å². The number of carboxylic acids is 2. The monoisotopic (exact) mass is 266 g/mol. The van der Waals surface area contributed by atoms with Gasteiger partial charge in [-0.3, -0.25) is 9.59 Å². The minimum Gasteiger partial charge on any atom is -0.481 e. The summed E-state index contributed by atoms with van der Waals surface area (Å²) in [7, 11) is 0. The molecule has 0 bridgehead atoms. The predicted octanol–water partition coefficient (Wildman–Crippen LogP) is 0.957. The Hall–Kier alpha value is -0.0470. The van der Waals surface area contributed by atoms with Gasteiger partial charge in [-0.05, 0) is 0 Å². The van der Waals surface area contributed by atoms with Gasteiger partial charge < -0.3 is 10.2 Å². The van der Waals surface area contributed by atoms with E-state index in [2.05, 4.69) is 0 Å². The van der Waals surface area contributed by atoms with Gasteiger partial charge in [0.25, 0.3) is 0 Å². The van der Waals surface area contributed by atoms with E-state index in [0.717, 1.165) is 0 Å². The Labute approximate surface area is 92.1 Å². The third-order valence-corrected chi connectivity index (χ3v) is 0.605. The fourth-order valence-electron chi connectivity index (χ4n) is 0. The van der Waals surface area contributed by atoms with Crippen molar-refractivity contribution in [2.24, 2.45) is 0 Å². The molecule has 0 aromatic rings. The molecular weight excluding hydrogens is 254 g/mol. The van der Waals surface area contributed by atoms with Crippen LogP contribution >= 0.6 is 0 Å². The summed E-state index contributed by atoms with van der Waals surface area (Å²) in [6.07, 6.45) is 0.444. The number of carboxylic acid groups (broad SMARTS) is 2. The molecular formula is C6H12Co2O4. The van der Waals surface area contributed by atoms with E-state index in [4.69, 9.17) is 10.2 Å². The smallest absolute Gasteiger partial charge is 0.303 e. The first-order chi connectivity index (χ1) is 4.54. The molecule has 0 spiro atoms. The van der Waals surface area contributed by atoms with Gasteiger partial charge in [0.1, 0.15) is 0 Å². The second-order valence-corrected chi connectivity index (χ2v) is 1.49. The molecule has 0 saturated carbocycles.